The minimum Gasteiger partial charge on any atom is -1.00 e. The summed E-state index contributed by atoms with van der Waals surface area (Å²) in [4.78, 5) is 0. The van der Waals surface area contributed by atoms with Gasteiger partial charge in [0.05, 0.1) is 0 Å². The van der Waals surface area contributed by atoms with Crippen LogP contribution in [0.1, 0.15) is 8.35 Å². The fraction of sp³-hybridized carbons (Fsp3) is 0.333. The Hall–Kier alpha value is 0.560. The molecule has 4 heavy (non-hydrogen) atoms. The summed E-state index contributed by atoms with van der Waals surface area (Å²) in [5.74, 6) is 2.25. The number of terminal acetylenes is 1. The fourth-order valence-corrected chi connectivity index (χ4v) is 0. The Morgan fingerprint density at radius 2 is 2.00 bits per heavy atom. The first-order chi connectivity index (χ1) is 1.41. The van der Waals surface area contributed by atoms with Crippen molar-refractivity contribution >= 4 is 0 Å². The van der Waals surface area contributed by atoms with Gasteiger partial charge in [-0.05, 0) is 6.92 Å². The normalized spacial score (nSPS) is 2.00. The predicted octanol–water partition coefficient (Wildman–Crippen LogP) is -2.24. The van der Waals surface area contributed by atoms with Gasteiger partial charge in [-0.1, -0.05) is 0 Å². The maximum atomic E-state index is 4.60. The van der Waals surface area contributed by atoms with Crippen LogP contribution in [0.4, 0.5) is 0 Å². The molecule has 0 aromatic rings. The minimum atomic E-state index is 0. The van der Waals surface area contributed by atoms with Crippen LogP contribution in [-0.2, 0) is 0 Å². The van der Waals surface area contributed by atoms with E-state index in [0.29, 0.717) is 0 Å². The van der Waals surface area contributed by atoms with Crippen LogP contribution in [-0.4, -0.2) is 0 Å². The zero-order valence-corrected chi connectivity index (χ0v) is 5.08. The standard InChI is InChI=1S/C3H4.Na.H/c1-3-2;;/h1H,2H3;;/q;+1;-1. The summed E-state index contributed by atoms with van der Waals surface area (Å²) in [6, 6.07) is 0. The molecule has 0 atom stereocenters. The zero-order chi connectivity index (χ0) is 2.71. The second-order valence-corrected chi connectivity index (χ2v) is 0.289. The third kappa shape index (κ3) is 19.9. The van der Waals surface area contributed by atoms with Gasteiger partial charge in [0.25, 0.3) is 0 Å². The largest absolute Gasteiger partial charge is 1.00 e. The molecule has 0 aliphatic carbocycles. The molecule has 0 aromatic carbocycles. The Morgan fingerprint density at radius 1 is 2.00 bits per heavy atom. The van der Waals surface area contributed by atoms with Crippen molar-refractivity contribution in [2.75, 3.05) is 0 Å². The van der Waals surface area contributed by atoms with Crippen LogP contribution in [0, 0.1) is 12.3 Å². The van der Waals surface area contributed by atoms with E-state index in [1.54, 1.807) is 6.92 Å². The van der Waals surface area contributed by atoms with Gasteiger partial charge in [0.1, 0.15) is 0 Å². The molecule has 18 valence electrons. The maximum absolute atomic E-state index is 4.60. The van der Waals surface area contributed by atoms with Gasteiger partial charge in [-0.25, -0.2) is 0 Å². The number of hydrogen-bond acceptors (Lipinski definition) is 0. The third-order valence-corrected chi connectivity index (χ3v) is 0. The van der Waals surface area contributed by atoms with Crippen molar-refractivity contribution in [2.45, 2.75) is 6.92 Å². The second kappa shape index (κ2) is 9.59. The van der Waals surface area contributed by atoms with Gasteiger partial charge in [-0.2, -0.15) is 0 Å². The molecule has 0 unspecified atom stereocenters. The monoisotopic (exact) mass is 64.0 g/mol. The first-order valence-electron chi connectivity index (χ1n) is 0.789. The zero-order valence-electron chi connectivity index (χ0n) is 4.08. The van der Waals surface area contributed by atoms with Gasteiger partial charge in [-0.3, -0.25) is 0 Å². The van der Waals surface area contributed by atoms with Crippen LogP contribution >= 0.6 is 0 Å². The Morgan fingerprint density at radius 3 is 2.00 bits per heavy atom. The van der Waals surface area contributed by atoms with E-state index < -0.39 is 0 Å². The molecule has 0 aliphatic rings. The molecule has 0 fully saturated rings. The van der Waals surface area contributed by atoms with Crippen molar-refractivity contribution in [2.24, 2.45) is 0 Å². The second-order valence-electron chi connectivity index (χ2n) is 0.289. The van der Waals surface area contributed by atoms with Gasteiger partial charge in [0.15, 0.2) is 0 Å². The minimum absolute atomic E-state index is 0. The van der Waals surface area contributed by atoms with E-state index in [-0.39, 0.29) is 31.0 Å². The van der Waals surface area contributed by atoms with Gasteiger partial charge in [0, 0.05) is 0 Å². The van der Waals surface area contributed by atoms with Crippen molar-refractivity contribution in [3.63, 3.8) is 0 Å². The molecule has 0 radical (unpaired) electrons. The van der Waals surface area contributed by atoms with Crippen LogP contribution in [0.25, 0.3) is 0 Å². The summed E-state index contributed by atoms with van der Waals surface area (Å²) in [5, 5.41) is 0. The van der Waals surface area contributed by atoms with Crippen LogP contribution in [0.15, 0.2) is 0 Å². The molecule has 0 nitrogen and oxygen atoms in total. The molecule has 0 heterocycles. The molecular weight excluding hydrogens is 59.0 g/mol. The Bertz CT molecular complexity index is 28.4. The summed E-state index contributed by atoms with van der Waals surface area (Å²) in [6.45, 7) is 1.65. The molecule has 0 N–H and O–H groups in total. The Balaban J connectivity index is -0.0000000200. The number of hydrogen-bond donors (Lipinski definition) is 0. The summed E-state index contributed by atoms with van der Waals surface area (Å²) >= 11 is 0. The number of rotatable bonds is 0. The molecule has 0 aliphatic heterocycles. The average Bonchev–Trinajstić information content (AvgIpc) is 0.918. The summed E-state index contributed by atoms with van der Waals surface area (Å²) in [7, 11) is 0. The molecule has 0 rings (SSSR count). The summed E-state index contributed by atoms with van der Waals surface area (Å²) in [6.07, 6.45) is 4.60. The first-order valence-corrected chi connectivity index (χ1v) is 0.789. The van der Waals surface area contributed by atoms with Crippen molar-refractivity contribution in [1.29, 1.82) is 0 Å². The van der Waals surface area contributed by atoms with E-state index in [1.165, 1.54) is 0 Å². The van der Waals surface area contributed by atoms with Crippen molar-refractivity contribution < 1.29 is 31.0 Å². The predicted molar refractivity (Wildman–Crippen MR) is 15.6 cm³/mol. The molecule has 0 saturated carbocycles. The topological polar surface area (TPSA) is 0 Å². The van der Waals surface area contributed by atoms with E-state index in [2.05, 4.69) is 12.3 Å². The Kier molecular flexibility index (Phi) is 21.1. The van der Waals surface area contributed by atoms with E-state index in [1.807, 2.05) is 0 Å². The first kappa shape index (κ1) is 8.82. The third-order valence-electron chi connectivity index (χ3n) is 0. The van der Waals surface area contributed by atoms with Gasteiger partial charge < -0.3 is 1.43 Å². The van der Waals surface area contributed by atoms with E-state index in [0.717, 1.165) is 0 Å². The Labute approximate surface area is 50.4 Å². The summed E-state index contributed by atoms with van der Waals surface area (Å²) in [5.41, 5.74) is 0. The molecule has 0 spiro atoms. The van der Waals surface area contributed by atoms with Crippen LogP contribution < -0.4 is 29.6 Å². The van der Waals surface area contributed by atoms with E-state index in [4.69, 9.17) is 0 Å². The average molecular weight is 64.1 g/mol. The van der Waals surface area contributed by atoms with Gasteiger partial charge in [0.2, 0.25) is 0 Å². The molecule has 0 bridgehead atoms. The van der Waals surface area contributed by atoms with Crippen LogP contribution in [0.2, 0.25) is 0 Å². The smallest absolute Gasteiger partial charge is 1.00 e. The molecule has 1 heteroatoms. The van der Waals surface area contributed by atoms with Gasteiger partial charge in [-0.15, -0.1) is 12.3 Å². The quantitative estimate of drug-likeness (QED) is 0.220. The molecular formula is C3H5Na. The molecule has 0 aromatic heterocycles. The van der Waals surface area contributed by atoms with Crippen molar-refractivity contribution in [1.82, 2.24) is 0 Å². The summed E-state index contributed by atoms with van der Waals surface area (Å²) < 4.78 is 0. The van der Waals surface area contributed by atoms with E-state index in [9.17, 15) is 0 Å². The molecule has 0 saturated heterocycles. The fourth-order valence-electron chi connectivity index (χ4n) is 0. The van der Waals surface area contributed by atoms with Crippen LogP contribution in [0.3, 0.4) is 0 Å². The van der Waals surface area contributed by atoms with Gasteiger partial charge >= 0.3 is 29.6 Å². The SMILES string of the molecule is C#CC.[H-].[Na+]. The van der Waals surface area contributed by atoms with Crippen LogP contribution in [0.5, 0.6) is 0 Å². The van der Waals surface area contributed by atoms with E-state index >= 15 is 0 Å². The maximum Gasteiger partial charge on any atom is 1.00 e. The van der Waals surface area contributed by atoms with Crippen molar-refractivity contribution in [3.05, 3.63) is 0 Å². The molecule has 0 amide bonds. The van der Waals surface area contributed by atoms with Crippen molar-refractivity contribution in [3.8, 4) is 12.3 Å².